The third-order valence-corrected chi connectivity index (χ3v) is 6.58. The number of hydrogen-bond acceptors (Lipinski definition) is 5. The van der Waals surface area contributed by atoms with Gasteiger partial charge in [-0.15, -0.1) is 0 Å². The van der Waals surface area contributed by atoms with Crippen LogP contribution < -0.4 is 5.32 Å². The van der Waals surface area contributed by atoms with Crippen LogP contribution in [0.5, 0.6) is 0 Å². The van der Waals surface area contributed by atoms with E-state index in [2.05, 4.69) is 15.3 Å². The number of sulfonamides is 1. The molecule has 9 heteroatoms. The molecular weight excluding hydrogens is 400 g/mol. The van der Waals surface area contributed by atoms with Crippen molar-refractivity contribution in [2.24, 2.45) is 0 Å². The van der Waals surface area contributed by atoms with Gasteiger partial charge in [-0.05, 0) is 50.2 Å². The van der Waals surface area contributed by atoms with Crippen LogP contribution in [0.3, 0.4) is 0 Å². The molecule has 0 radical (unpaired) electrons. The van der Waals surface area contributed by atoms with Crippen molar-refractivity contribution < 1.29 is 13.2 Å². The fourth-order valence-electron chi connectivity index (χ4n) is 2.55. The molecule has 0 aliphatic heterocycles. The number of nitrogens with one attached hydrogen (secondary N) is 1. The molecule has 0 spiro atoms. The van der Waals surface area contributed by atoms with E-state index >= 15 is 0 Å². The summed E-state index contributed by atoms with van der Waals surface area (Å²) in [6, 6.07) is 9.35. The van der Waals surface area contributed by atoms with Gasteiger partial charge in [0.25, 0.3) is 5.91 Å². The summed E-state index contributed by atoms with van der Waals surface area (Å²) in [6.45, 7) is 3.73. The first kappa shape index (κ1) is 20.2. The molecule has 0 saturated carbocycles. The van der Waals surface area contributed by atoms with Gasteiger partial charge < -0.3 is 5.32 Å². The number of rotatable bonds is 4. The lowest BCUT2D eigenvalue weighted by Gasteiger charge is -2.14. The van der Waals surface area contributed by atoms with Gasteiger partial charge in [0.1, 0.15) is 4.90 Å². The molecule has 0 bridgehead atoms. The second-order valence-corrected chi connectivity index (χ2v) is 9.01. The SMILES string of the molecule is Cc1nc2ccc(C(=O)Nc3ccc(Cl)c(S(=O)(=O)N(C)C)c3)cc2nc1C. The van der Waals surface area contributed by atoms with Crippen molar-refractivity contribution in [3.05, 3.63) is 58.4 Å². The zero-order chi connectivity index (χ0) is 20.6. The summed E-state index contributed by atoms with van der Waals surface area (Å²) in [6.07, 6.45) is 0. The Kier molecular flexibility index (Phi) is 5.38. The van der Waals surface area contributed by atoms with Crippen LogP contribution in [-0.4, -0.2) is 42.7 Å². The Morgan fingerprint density at radius 3 is 2.29 bits per heavy atom. The van der Waals surface area contributed by atoms with Crippen molar-refractivity contribution in [1.82, 2.24) is 14.3 Å². The van der Waals surface area contributed by atoms with Gasteiger partial charge in [-0.2, -0.15) is 0 Å². The lowest BCUT2D eigenvalue weighted by Crippen LogP contribution is -2.23. The molecule has 0 unspecified atom stereocenters. The van der Waals surface area contributed by atoms with Crippen LogP contribution in [0.1, 0.15) is 21.7 Å². The summed E-state index contributed by atoms with van der Waals surface area (Å²) in [4.78, 5) is 21.5. The molecule has 146 valence electrons. The number of hydrogen-bond donors (Lipinski definition) is 1. The quantitative estimate of drug-likeness (QED) is 0.700. The summed E-state index contributed by atoms with van der Waals surface area (Å²) in [5, 5.41) is 2.78. The summed E-state index contributed by atoms with van der Waals surface area (Å²) < 4.78 is 25.8. The van der Waals surface area contributed by atoms with Crippen LogP contribution in [-0.2, 0) is 10.0 Å². The van der Waals surface area contributed by atoms with Crippen LogP contribution in [0, 0.1) is 13.8 Å². The Labute approximate surface area is 168 Å². The van der Waals surface area contributed by atoms with Crippen LogP contribution in [0.4, 0.5) is 5.69 Å². The molecule has 1 aromatic heterocycles. The van der Waals surface area contributed by atoms with Gasteiger partial charge >= 0.3 is 0 Å². The van der Waals surface area contributed by atoms with Crippen LogP contribution in [0.25, 0.3) is 11.0 Å². The molecule has 1 heterocycles. The zero-order valence-corrected chi connectivity index (χ0v) is 17.4. The number of carbonyl (C=O) groups excluding carboxylic acids is 1. The fourth-order valence-corrected chi connectivity index (χ4v) is 3.94. The number of aromatic nitrogens is 2. The molecule has 7 nitrogen and oxygen atoms in total. The number of halogens is 1. The highest BCUT2D eigenvalue weighted by atomic mass is 35.5. The average molecular weight is 419 g/mol. The second kappa shape index (κ2) is 7.46. The minimum Gasteiger partial charge on any atom is -0.322 e. The van der Waals surface area contributed by atoms with Crippen LogP contribution >= 0.6 is 11.6 Å². The lowest BCUT2D eigenvalue weighted by molar-refractivity contribution is 0.102. The maximum absolute atomic E-state index is 12.6. The molecule has 2 aromatic carbocycles. The Bertz CT molecular complexity index is 1190. The van der Waals surface area contributed by atoms with E-state index in [9.17, 15) is 13.2 Å². The third-order valence-electron chi connectivity index (χ3n) is 4.29. The van der Waals surface area contributed by atoms with E-state index in [-0.39, 0.29) is 9.92 Å². The summed E-state index contributed by atoms with van der Waals surface area (Å²) in [5.41, 5.74) is 3.65. The first-order valence-electron chi connectivity index (χ1n) is 8.38. The number of amides is 1. The van der Waals surface area contributed by atoms with E-state index in [1.54, 1.807) is 24.3 Å². The number of carbonyl (C=O) groups is 1. The van der Waals surface area contributed by atoms with Crippen molar-refractivity contribution in [3.8, 4) is 0 Å². The molecule has 0 aliphatic carbocycles. The fraction of sp³-hybridized carbons (Fsp3) is 0.211. The van der Waals surface area contributed by atoms with Gasteiger partial charge in [0.15, 0.2) is 0 Å². The molecule has 3 rings (SSSR count). The molecular formula is C19H19ClN4O3S. The van der Waals surface area contributed by atoms with Crippen LogP contribution in [0.15, 0.2) is 41.3 Å². The van der Waals surface area contributed by atoms with Gasteiger partial charge in [-0.3, -0.25) is 4.79 Å². The first-order valence-corrected chi connectivity index (χ1v) is 10.2. The number of aryl methyl sites for hydroxylation is 2. The predicted molar refractivity (Wildman–Crippen MR) is 109 cm³/mol. The minimum atomic E-state index is -3.74. The lowest BCUT2D eigenvalue weighted by atomic mass is 10.1. The average Bonchev–Trinajstić information content (AvgIpc) is 2.63. The Morgan fingerprint density at radius 1 is 1.00 bits per heavy atom. The monoisotopic (exact) mass is 418 g/mol. The standard InChI is InChI=1S/C19H19ClN4O3S/c1-11-12(2)22-17-9-13(5-8-16(17)21-11)19(25)23-14-6-7-15(20)18(10-14)28(26,27)24(3)4/h5-10H,1-4H3,(H,23,25). The van der Waals surface area contributed by atoms with Gasteiger partial charge in [-0.1, -0.05) is 11.6 Å². The highest BCUT2D eigenvalue weighted by molar-refractivity contribution is 7.89. The molecule has 1 amide bonds. The largest absolute Gasteiger partial charge is 0.322 e. The molecule has 0 saturated heterocycles. The van der Waals surface area contributed by atoms with Gasteiger partial charge in [0, 0.05) is 25.3 Å². The topological polar surface area (TPSA) is 92.3 Å². The molecule has 1 N–H and O–H groups in total. The van der Waals surface area contributed by atoms with Crippen molar-refractivity contribution >= 4 is 44.3 Å². The minimum absolute atomic E-state index is 0.0764. The molecule has 0 atom stereocenters. The molecule has 0 fully saturated rings. The first-order chi connectivity index (χ1) is 13.1. The van der Waals surface area contributed by atoms with Crippen LogP contribution in [0.2, 0.25) is 5.02 Å². The van der Waals surface area contributed by atoms with E-state index in [0.717, 1.165) is 15.7 Å². The normalized spacial score (nSPS) is 11.8. The van der Waals surface area contributed by atoms with Crippen molar-refractivity contribution in [1.29, 1.82) is 0 Å². The third kappa shape index (κ3) is 3.84. The number of fused-ring (bicyclic) bond motifs is 1. The molecule has 3 aromatic rings. The van der Waals surface area contributed by atoms with Gasteiger partial charge in [0.05, 0.1) is 27.4 Å². The van der Waals surface area contributed by atoms with Crippen molar-refractivity contribution in [2.45, 2.75) is 18.7 Å². The maximum atomic E-state index is 12.6. The highest BCUT2D eigenvalue weighted by Gasteiger charge is 2.21. The zero-order valence-electron chi connectivity index (χ0n) is 15.8. The van der Waals surface area contributed by atoms with Gasteiger partial charge in [-0.25, -0.2) is 22.7 Å². The van der Waals surface area contributed by atoms with Gasteiger partial charge in [0.2, 0.25) is 10.0 Å². The van der Waals surface area contributed by atoms with E-state index in [1.807, 2.05) is 13.8 Å². The number of nitrogens with zero attached hydrogens (tertiary/aromatic N) is 3. The summed E-state index contributed by atoms with van der Waals surface area (Å²) in [7, 11) is -0.909. The Morgan fingerprint density at radius 2 is 1.64 bits per heavy atom. The highest BCUT2D eigenvalue weighted by Crippen LogP contribution is 2.27. The van der Waals surface area contributed by atoms with E-state index in [0.29, 0.717) is 22.3 Å². The summed E-state index contributed by atoms with van der Waals surface area (Å²) in [5.74, 6) is -0.391. The van der Waals surface area contributed by atoms with Crippen molar-refractivity contribution in [3.63, 3.8) is 0 Å². The number of benzene rings is 2. The smallest absolute Gasteiger partial charge is 0.255 e. The molecule has 28 heavy (non-hydrogen) atoms. The van der Waals surface area contributed by atoms with E-state index in [1.165, 1.54) is 26.2 Å². The van der Waals surface area contributed by atoms with Crippen molar-refractivity contribution in [2.75, 3.05) is 19.4 Å². The Hall–Kier alpha value is -2.55. The maximum Gasteiger partial charge on any atom is 0.255 e. The summed E-state index contributed by atoms with van der Waals surface area (Å²) >= 11 is 6.04. The Balaban J connectivity index is 1.93. The molecule has 0 aliphatic rings. The predicted octanol–water partition coefficient (Wildman–Crippen LogP) is 3.40. The second-order valence-electron chi connectivity index (χ2n) is 6.48. The van der Waals surface area contributed by atoms with E-state index in [4.69, 9.17) is 11.6 Å². The number of anilines is 1. The van der Waals surface area contributed by atoms with E-state index < -0.39 is 15.9 Å².